The van der Waals surface area contributed by atoms with Crippen molar-refractivity contribution in [3.63, 3.8) is 0 Å². The Morgan fingerprint density at radius 3 is 2.76 bits per heavy atom. The van der Waals surface area contributed by atoms with Gasteiger partial charge in [0.2, 0.25) is 11.8 Å². The molecule has 15 heteroatoms. The SMILES string of the molecule is Cc1[nH]nc2cnc(NC(=O)c3ccc4c(c3)nc(CN3CCC(c5cccc(OCc6ccc(Cl)cc6F)n5)CC3)n4C[C@]3([Si])CCO3)nc12. The third kappa shape index (κ3) is 7.09. The molecular weight excluding hydrogens is 689 g/mol. The van der Waals surface area contributed by atoms with Gasteiger partial charge < -0.3 is 14.0 Å². The second-order valence-corrected chi connectivity index (χ2v) is 14.5. The number of hydrogen-bond acceptors (Lipinski definition) is 9. The number of nitrogens with one attached hydrogen (secondary N) is 2. The fourth-order valence-electron chi connectivity index (χ4n) is 6.63. The van der Waals surface area contributed by atoms with Crippen molar-refractivity contribution in [3.05, 3.63) is 100.0 Å². The second-order valence-electron chi connectivity index (χ2n) is 13.1. The van der Waals surface area contributed by atoms with E-state index in [4.69, 9.17) is 31.0 Å². The zero-order valence-electron chi connectivity index (χ0n) is 27.8. The van der Waals surface area contributed by atoms with Crippen LogP contribution in [0.5, 0.6) is 5.88 Å². The number of carbonyl (C=O) groups excluding carboxylic acids is 1. The summed E-state index contributed by atoms with van der Waals surface area (Å²) in [7, 11) is 3.85. The van der Waals surface area contributed by atoms with Crippen LogP contribution in [0.3, 0.4) is 0 Å². The molecule has 6 heterocycles. The number of imidazole rings is 1. The van der Waals surface area contributed by atoms with Gasteiger partial charge in [-0.2, -0.15) is 5.10 Å². The molecule has 2 N–H and O–H groups in total. The van der Waals surface area contributed by atoms with E-state index in [-0.39, 0.29) is 24.4 Å². The molecule has 2 aliphatic rings. The lowest BCUT2D eigenvalue weighted by atomic mass is 9.93. The summed E-state index contributed by atoms with van der Waals surface area (Å²) in [6.07, 6.45) is 4.31. The second kappa shape index (κ2) is 13.8. The van der Waals surface area contributed by atoms with Crippen LogP contribution in [-0.2, 0) is 24.4 Å². The van der Waals surface area contributed by atoms with E-state index in [0.717, 1.165) is 60.6 Å². The molecule has 3 radical (unpaired) electrons. The van der Waals surface area contributed by atoms with Crippen molar-refractivity contribution in [2.75, 3.05) is 25.0 Å². The number of carbonyl (C=O) groups is 1. The quantitative estimate of drug-likeness (QED) is 0.171. The van der Waals surface area contributed by atoms with E-state index in [1.165, 1.54) is 6.07 Å². The predicted octanol–water partition coefficient (Wildman–Crippen LogP) is 5.69. The summed E-state index contributed by atoms with van der Waals surface area (Å²) in [5.74, 6) is 1.12. The molecule has 259 valence electrons. The van der Waals surface area contributed by atoms with Crippen molar-refractivity contribution in [1.82, 2.24) is 39.6 Å². The van der Waals surface area contributed by atoms with Crippen LogP contribution >= 0.6 is 11.6 Å². The van der Waals surface area contributed by atoms with Gasteiger partial charge in [-0.05, 0) is 75.7 Å². The normalized spacial score (nSPS) is 18.3. The third-order valence-corrected chi connectivity index (χ3v) is 10.4. The van der Waals surface area contributed by atoms with E-state index >= 15 is 0 Å². The molecule has 2 saturated heterocycles. The minimum Gasteiger partial charge on any atom is -0.473 e. The highest BCUT2D eigenvalue weighted by molar-refractivity contribution is 6.30. The molecule has 8 rings (SSSR count). The van der Waals surface area contributed by atoms with Gasteiger partial charge in [-0.1, -0.05) is 23.7 Å². The van der Waals surface area contributed by atoms with Gasteiger partial charge in [0.1, 0.15) is 29.3 Å². The topological polar surface area (TPSA) is 136 Å². The number of amides is 1. The molecule has 2 aromatic carbocycles. The number of halogens is 2. The van der Waals surface area contributed by atoms with Gasteiger partial charge in [0.15, 0.2) is 0 Å². The first-order valence-corrected chi connectivity index (χ1v) is 17.7. The lowest BCUT2D eigenvalue weighted by molar-refractivity contribution is -0.0947. The number of aryl methyl sites for hydroxylation is 1. The summed E-state index contributed by atoms with van der Waals surface area (Å²) >= 11 is 5.88. The Labute approximate surface area is 301 Å². The average Bonchev–Trinajstić information content (AvgIpc) is 3.65. The molecule has 0 bridgehead atoms. The first-order chi connectivity index (χ1) is 24.7. The molecule has 51 heavy (non-hydrogen) atoms. The van der Waals surface area contributed by atoms with E-state index in [1.54, 1.807) is 30.5 Å². The van der Waals surface area contributed by atoms with Gasteiger partial charge in [-0.25, -0.2) is 24.3 Å². The van der Waals surface area contributed by atoms with Crippen LogP contribution in [0.25, 0.3) is 22.1 Å². The summed E-state index contributed by atoms with van der Waals surface area (Å²) in [5, 5.41) is 9.73. The number of aromatic nitrogens is 7. The van der Waals surface area contributed by atoms with Gasteiger partial charge in [0.25, 0.3) is 5.91 Å². The molecule has 2 aliphatic heterocycles. The van der Waals surface area contributed by atoms with Gasteiger partial charge in [-0.15, -0.1) is 0 Å². The Hall–Kier alpha value is -4.76. The smallest absolute Gasteiger partial charge is 0.258 e. The van der Waals surface area contributed by atoms with Crippen LogP contribution in [0.15, 0.2) is 60.8 Å². The van der Waals surface area contributed by atoms with Gasteiger partial charge in [0.05, 0.1) is 44.9 Å². The maximum absolute atomic E-state index is 14.2. The summed E-state index contributed by atoms with van der Waals surface area (Å²) < 4.78 is 28.2. The van der Waals surface area contributed by atoms with Crippen LogP contribution in [0.4, 0.5) is 10.3 Å². The van der Waals surface area contributed by atoms with Gasteiger partial charge in [0, 0.05) is 47.0 Å². The fraction of sp³-hybridized carbons (Fsp3) is 0.333. The molecule has 4 aromatic heterocycles. The molecule has 0 saturated carbocycles. The molecule has 2 fully saturated rings. The molecule has 1 atom stereocenters. The first-order valence-electron chi connectivity index (χ1n) is 16.8. The number of benzene rings is 2. The maximum Gasteiger partial charge on any atom is 0.258 e. The molecule has 0 spiro atoms. The largest absolute Gasteiger partial charge is 0.473 e. The monoisotopic (exact) mass is 722 g/mol. The number of aromatic amines is 1. The highest BCUT2D eigenvalue weighted by Gasteiger charge is 2.35. The molecular formula is C36H34ClFN9O3Si. The van der Waals surface area contributed by atoms with E-state index in [9.17, 15) is 9.18 Å². The number of H-pyrrole nitrogens is 1. The third-order valence-electron chi connectivity index (χ3n) is 9.59. The molecule has 0 aliphatic carbocycles. The highest BCUT2D eigenvalue weighted by atomic mass is 35.5. The Bertz CT molecular complexity index is 2250. The number of nitrogens with zero attached hydrogens (tertiary/aromatic N) is 7. The van der Waals surface area contributed by atoms with Crippen LogP contribution < -0.4 is 10.1 Å². The summed E-state index contributed by atoms with van der Waals surface area (Å²) in [4.78, 5) is 34.2. The van der Waals surface area contributed by atoms with E-state index < -0.39 is 11.0 Å². The summed E-state index contributed by atoms with van der Waals surface area (Å²) in [6.45, 7) is 5.60. The Morgan fingerprint density at radius 1 is 1.14 bits per heavy atom. The minimum atomic E-state index is -0.454. The Balaban J connectivity index is 0.953. The van der Waals surface area contributed by atoms with Crippen molar-refractivity contribution >= 4 is 55.8 Å². The molecule has 6 aromatic rings. The van der Waals surface area contributed by atoms with Crippen LogP contribution in [0, 0.1) is 12.7 Å². The van der Waals surface area contributed by atoms with Crippen LogP contribution in [-0.4, -0.2) is 80.7 Å². The van der Waals surface area contributed by atoms with Crippen molar-refractivity contribution in [3.8, 4) is 5.88 Å². The lowest BCUT2D eigenvalue weighted by Crippen LogP contribution is -2.48. The average molecular weight is 723 g/mol. The van der Waals surface area contributed by atoms with Gasteiger partial charge in [-0.3, -0.25) is 20.1 Å². The first kappa shape index (κ1) is 33.4. The number of fused-ring (bicyclic) bond motifs is 2. The van der Waals surface area contributed by atoms with Crippen molar-refractivity contribution in [2.45, 2.75) is 57.0 Å². The minimum absolute atomic E-state index is 0.0715. The zero-order chi connectivity index (χ0) is 35.1. The zero-order valence-corrected chi connectivity index (χ0v) is 29.6. The molecule has 12 nitrogen and oxygen atoms in total. The number of rotatable bonds is 10. The Morgan fingerprint density at radius 2 is 1.98 bits per heavy atom. The number of anilines is 1. The summed E-state index contributed by atoms with van der Waals surface area (Å²) in [6, 6.07) is 15.9. The van der Waals surface area contributed by atoms with E-state index in [1.807, 2.05) is 31.2 Å². The number of pyridine rings is 1. The molecule has 1 amide bonds. The van der Waals surface area contributed by atoms with Crippen LogP contribution in [0.2, 0.25) is 5.02 Å². The number of hydrogen-bond donors (Lipinski definition) is 2. The maximum atomic E-state index is 14.2. The predicted molar refractivity (Wildman–Crippen MR) is 190 cm³/mol. The highest BCUT2D eigenvalue weighted by Crippen LogP contribution is 2.32. The Kier molecular flexibility index (Phi) is 9.00. The summed E-state index contributed by atoms with van der Waals surface area (Å²) in [5.41, 5.74) is 5.59. The van der Waals surface area contributed by atoms with E-state index in [2.05, 4.69) is 45.2 Å². The lowest BCUT2D eigenvalue weighted by Gasteiger charge is -2.39. The number of likely N-dealkylation sites (tertiary alicyclic amines) is 1. The standard InChI is InChI=1S/C36H34ClFN9O3Si/c1-21-33-29(45-44-21)17-39-35(42-33)43-34(48)23-6-8-30-28(15-23)40-31(47(30)20-36(51)11-14-50-36)18-46-12-9-22(10-13-46)27-3-2-4-32(41-27)49-19-24-5-7-25(37)16-26(24)38/h2-8,15-17,22H,9-14,18-20H2,1H3,(H,44,45)(H,39,42,43,48)/t36-/m1/s1. The fourth-order valence-corrected chi connectivity index (χ4v) is 7.15. The molecule has 0 unspecified atom stereocenters. The van der Waals surface area contributed by atoms with E-state index in [0.29, 0.717) is 52.8 Å². The van der Waals surface area contributed by atoms with Crippen molar-refractivity contribution < 1.29 is 18.7 Å². The van der Waals surface area contributed by atoms with Gasteiger partial charge >= 0.3 is 0 Å². The number of ether oxygens (including phenoxy) is 2. The van der Waals surface area contributed by atoms with Crippen LogP contribution in [0.1, 0.15) is 58.3 Å². The number of piperidine rings is 1. The van der Waals surface area contributed by atoms with Crippen molar-refractivity contribution in [1.29, 1.82) is 0 Å². The van der Waals surface area contributed by atoms with Crippen molar-refractivity contribution in [2.24, 2.45) is 0 Å².